The van der Waals surface area contributed by atoms with Crippen molar-refractivity contribution in [2.24, 2.45) is 0 Å². The number of anilines is 1. The Labute approximate surface area is 99.1 Å². The first-order chi connectivity index (χ1) is 8.31. The Balaban J connectivity index is 1.88. The number of hydrogen-bond donors (Lipinski definition) is 2. The van der Waals surface area contributed by atoms with Crippen LogP contribution in [-0.4, -0.2) is 36.5 Å². The van der Waals surface area contributed by atoms with Crippen molar-refractivity contribution in [2.75, 3.05) is 11.9 Å². The van der Waals surface area contributed by atoms with Crippen LogP contribution in [0.15, 0.2) is 18.5 Å². The SMILES string of the molecule is CCn1ccc(NCc2cn(CCO)nn2)n1. The molecule has 0 spiro atoms. The molecule has 2 aromatic heterocycles. The maximum absolute atomic E-state index is 8.75. The Morgan fingerprint density at radius 1 is 1.41 bits per heavy atom. The Bertz CT molecular complexity index is 463. The minimum absolute atomic E-state index is 0.0666. The van der Waals surface area contributed by atoms with Crippen LogP contribution in [0.3, 0.4) is 0 Å². The smallest absolute Gasteiger partial charge is 0.148 e. The van der Waals surface area contributed by atoms with Crippen molar-refractivity contribution in [1.29, 1.82) is 0 Å². The molecule has 2 aromatic rings. The first-order valence-corrected chi connectivity index (χ1v) is 5.59. The van der Waals surface area contributed by atoms with Crippen molar-refractivity contribution in [3.05, 3.63) is 24.2 Å². The lowest BCUT2D eigenvalue weighted by atomic mass is 10.4. The van der Waals surface area contributed by atoms with Crippen molar-refractivity contribution < 1.29 is 5.11 Å². The third-order valence-corrected chi connectivity index (χ3v) is 2.33. The lowest BCUT2D eigenvalue weighted by Gasteiger charge is -1.98. The second kappa shape index (κ2) is 5.44. The molecule has 7 heteroatoms. The van der Waals surface area contributed by atoms with E-state index in [0.717, 1.165) is 18.1 Å². The highest BCUT2D eigenvalue weighted by Crippen LogP contribution is 2.04. The monoisotopic (exact) mass is 236 g/mol. The van der Waals surface area contributed by atoms with E-state index in [-0.39, 0.29) is 6.61 Å². The Morgan fingerprint density at radius 2 is 2.29 bits per heavy atom. The number of aliphatic hydroxyl groups is 1. The van der Waals surface area contributed by atoms with Crippen LogP contribution in [0.2, 0.25) is 0 Å². The summed E-state index contributed by atoms with van der Waals surface area (Å²) in [6.07, 6.45) is 3.73. The van der Waals surface area contributed by atoms with Crippen LogP contribution in [-0.2, 0) is 19.6 Å². The quantitative estimate of drug-likeness (QED) is 0.743. The van der Waals surface area contributed by atoms with Crippen LogP contribution in [0.5, 0.6) is 0 Å². The van der Waals surface area contributed by atoms with Gasteiger partial charge in [0.05, 0.1) is 25.9 Å². The molecule has 0 atom stereocenters. The average molecular weight is 236 g/mol. The summed E-state index contributed by atoms with van der Waals surface area (Å²) in [7, 11) is 0. The molecule has 2 rings (SSSR count). The van der Waals surface area contributed by atoms with Crippen LogP contribution in [0, 0.1) is 0 Å². The second-order valence-corrected chi connectivity index (χ2v) is 3.61. The molecule has 0 radical (unpaired) electrons. The standard InChI is InChI=1S/C10H16N6O/c1-2-15-4-3-10(13-15)11-7-9-8-16(5-6-17)14-12-9/h3-4,8,17H,2,5-7H2,1H3,(H,11,13). The van der Waals surface area contributed by atoms with E-state index in [1.54, 1.807) is 10.9 Å². The lowest BCUT2D eigenvalue weighted by Crippen LogP contribution is -2.03. The summed E-state index contributed by atoms with van der Waals surface area (Å²) in [4.78, 5) is 0. The van der Waals surface area contributed by atoms with Crippen LogP contribution in [0.1, 0.15) is 12.6 Å². The number of nitrogens with one attached hydrogen (secondary N) is 1. The van der Waals surface area contributed by atoms with Gasteiger partial charge in [-0.25, -0.2) is 4.68 Å². The third kappa shape index (κ3) is 3.04. The van der Waals surface area contributed by atoms with Crippen LogP contribution in [0.4, 0.5) is 5.82 Å². The molecule has 0 aromatic carbocycles. The van der Waals surface area contributed by atoms with Gasteiger partial charge in [0.25, 0.3) is 0 Å². The zero-order valence-electron chi connectivity index (χ0n) is 9.74. The van der Waals surface area contributed by atoms with Crippen LogP contribution >= 0.6 is 0 Å². The van der Waals surface area contributed by atoms with Gasteiger partial charge < -0.3 is 10.4 Å². The van der Waals surface area contributed by atoms with Crippen molar-refractivity contribution in [1.82, 2.24) is 24.8 Å². The number of aryl methyl sites for hydroxylation is 1. The number of rotatable bonds is 6. The molecule has 0 aliphatic carbocycles. The molecule has 0 amide bonds. The minimum Gasteiger partial charge on any atom is -0.394 e. The van der Waals surface area contributed by atoms with Gasteiger partial charge in [-0.2, -0.15) is 5.10 Å². The molecule has 0 fully saturated rings. The molecule has 17 heavy (non-hydrogen) atoms. The van der Waals surface area contributed by atoms with Gasteiger partial charge in [-0.05, 0) is 6.92 Å². The summed E-state index contributed by atoms with van der Waals surface area (Å²) in [5, 5.41) is 24.1. The normalized spacial score (nSPS) is 10.7. The fraction of sp³-hybridized carbons (Fsp3) is 0.500. The summed E-state index contributed by atoms with van der Waals surface area (Å²) in [6.45, 7) is 4.01. The predicted molar refractivity (Wildman–Crippen MR) is 62.3 cm³/mol. The Morgan fingerprint density at radius 3 is 3.00 bits per heavy atom. The average Bonchev–Trinajstić information content (AvgIpc) is 2.95. The molecule has 0 unspecified atom stereocenters. The number of hydrogen-bond acceptors (Lipinski definition) is 5. The first kappa shape index (κ1) is 11.6. The minimum atomic E-state index is 0.0666. The van der Waals surface area contributed by atoms with E-state index >= 15 is 0 Å². The lowest BCUT2D eigenvalue weighted by molar-refractivity contribution is 0.268. The van der Waals surface area contributed by atoms with Gasteiger partial charge >= 0.3 is 0 Å². The summed E-state index contributed by atoms with van der Waals surface area (Å²) >= 11 is 0. The van der Waals surface area contributed by atoms with Crippen LogP contribution < -0.4 is 5.32 Å². The van der Waals surface area contributed by atoms with E-state index in [1.165, 1.54) is 0 Å². The second-order valence-electron chi connectivity index (χ2n) is 3.61. The summed E-state index contributed by atoms with van der Waals surface area (Å²) in [5.41, 5.74) is 0.824. The summed E-state index contributed by atoms with van der Waals surface area (Å²) in [5.74, 6) is 0.823. The van der Waals surface area contributed by atoms with Gasteiger partial charge in [0.1, 0.15) is 11.5 Å². The van der Waals surface area contributed by atoms with E-state index < -0.39 is 0 Å². The van der Waals surface area contributed by atoms with Crippen molar-refractivity contribution in [2.45, 2.75) is 26.6 Å². The highest BCUT2D eigenvalue weighted by atomic mass is 16.3. The van der Waals surface area contributed by atoms with E-state index in [1.807, 2.05) is 23.9 Å². The van der Waals surface area contributed by atoms with Gasteiger partial charge in [0.2, 0.25) is 0 Å². The van der Waals surface area contributed by atoms with E-state index in [4.69, 9.17) is 5.11 Å². The largest absolute Gasteiger partial charge is 0.394 e. The molecule has 0 aliphatic heterocycles. The molecule has 2 heterocycles. The number of aliphatic hydroxyl groups excluding tert-OH is 1. The van der Waals surface area contributed by atoms with E-state index in [9.17, 15) is 0 Å². The highest BCUT2D eigenvalue weighted by molar-refractivity contribution is 5.32. The molecule has 92 valence electrons. The summed E-state index contributed by atoms with van der Waals surface area (Å²) in [6, 6.07) is 1.92. The summed E-state index contributed by atoms with van der Waals surface area (Å²) < 4.78 is 3.46. The predicted octanol–water partition coefficient (Wildman–Crippen LogP) is 0.0989. The Hall–Kier alpha value is -1.89. The molecule has 0 aliphatic rings. The fourth-order valence-corrected chi connectivity index (χ4v) is 1.44. The van der Waals surface area contributed by atoms with Crippen LogP contribution in [0.25, 0.3) is 0 Å². The van der Waals surface area contributed by atoms with Crippen molar-refractivity contribution in [3.63, 3.8) is 0 Å². The molecule has 0 bridgehead atoms. The zero-order valence-corrected chi connectivity index (χ0v) is 9.74. The number of nitrogens with zero attached hydrogens (tertiary/aromatic N) is 5. The Kier molecular flexibility index (Phi) is 3.71. The molecule has 2 N–H and O–H groups in total. The van der Waals surface area contributed by atoms with Crippen molar-refractivity contribution in [3.8, 4) is 0 Å². The number of aromatic nitrogens is 5. The molecule has 0 saturated carbocycles. The maximum Gasteiger partial charge on any atom is 0.148 e. The molecule has 0 saturated heterocycles. The van der Waals surface area contributed by atoms with E-state index in [2.05, 4.69) is 20.7 Å². The van der Waals surface area contributed by atoms with Gasteiger partial charge in [0.15, 0.2) is 0 Å². The van der Waals surface area contributed by atoms with Crippen molar-refractivity contribution >= 4 is 5.82 Å². The van der Waals surface area contributed by atoms with Gasteiger partial charge in [0, 0.05) is 18.8 Å². The zero-order chi connectivity index (χ0) is 12.1. The molecular formula is C10H16N6O. The molecular weight excluding hydrogens is 220 g/mol. The highest BCUT2D eigenvalue weighted by Gasteiger charge is 2.01. The fourth-order valence-electron chi connectivity index (χ4n) is 1.44. The maximum atomic E-state index is 8.75. The van der Waals surface area contributed by atoms with E-state index in [0.29, 0.717) is 13.1 Å². The topological polar surface area (TPSA) is 80.8 Å². The van der Waals surface area contributed by atoms with Gasteiger partial charge in [-0.1, -0.05) is 5.21 Å². The first-order valence-electron chi connectivity index (χ1n) is 5.59. The van der Waals surface area contributed by atoms with Gasteiger partial charge in [-0.3, -0.25) is 4.68 Å². The third-order valence-electron chi connectivity index (χ3n) is 2.33. The van der Waals surface area contributed by atoms with Gasteiger partial charge in [-0.15, -0.1) is 5.10 Å². The molecule has 7 nitrogen and oxygen atoms in total.